The number of hydrogen-bond donors (Lipinski definition) is 0. The molecule has 3 nitrogen and oxygen atoms in total. The van der Waals surface area contributed by atoms with Gasteiger partial charge in [0.2, 0.25) is 5.91 Å². The highest BCUT2D eigenvalue weighted by Gasteiger charge is 2.37. The predicted octanol–water partition coefficient (Wildman–Crippen LogP) is 4.27. The minimum atomic E-state index is -0.491. The third-order valence-electron chi connectivity index (χ3n) is 3.55. The smallest absolute Gasteiger partial charge is 0.239 e. The highest BCUT2D eigenvalue weighted by molar-refractivity contribution is 8.00. The molecule has 1 aromatic carbocycles. The van der Waals surface area contributed by atoms with Gasteiger partial charge in [-0.15, -0.1) is 11.8 Å². The quantitative estimate of drug-likeness (QED) is 0.821. The number of halogens is 2. The molecule has 1 atom stereocenters. The number of hydrogen-bond acceptors (Lipinski definition) is 3. The highest BCUT2D eigenvalue weighted by atomic mass is 35.5. The molecule has 0 aliphatic carbocycles. The van der Waals surface area contributed by atoms with Crippen LogP contribution in [0.1, 0.15) is 22.2 Å². The summed E-state index contributed by atoms with van der Waals surface area (Å²) in [5.74, 6) is 0.312. The van der Waals surface area contributed by atoms with Crippen LogP contribution in [0, 0.1) is 19.7 Å². The lowest BCUT2D eigenvalue weighted by Gasteiger charge is -2.25. The van der Waals surface area contributed by atoms with Crippen molar-refractivity contribution in [3.63, 3.8) is 0 Å². The normalized spacial score (nSPS) is 18.1. The summed E-state index contributed by atoms with van der Waals surface area (Å²) in [5.41, 5.74) is 1.94. The summed E-state index contributed by atoms with van der Waals surface area (Å²) in [6.45, 7) is 3.67. The van der Waals surface area contributed by atoms with Crippen LogP contribution in [0.2, 0.25) is 5.02 Å². The van der Waals surface area contributed by atoms with Gasteiger partial charge in [-0.25, -0.2) is 9.37 Å². The maximum absolute atomic E-state index is 14.3. The minimum Gasteiger partial charge on any atom is -0.279 e. The maximum Gasteiger partial charge on any atom is 0.239 e. The minimum absolute atomic E-state index is 0.0925. The van der Waals surface area contributed by atoms with Gasteiger partial charge in [-0.1, -0.05) is 23.7 Å². The molecule has 1 fully saturated rings. The molecule has 1 amide bonds. The van der Waals surface area contributed by atoms with Crippen molar-refractivity contribution in [2.45, 2.75) is 19.2 Å². The Morgan fingerprint density at radius 1 is 1.32 bits per heavy atom. The van der Waals surface area contributed by atoms with Gasteiger partial charge in [0.15, 0.2) is 0 Å². The van der Waals surface area contributed by atoms with Gasteiger partial charge in [0.25, 0.3) is 0 Å². The van der Waals surface area contributed by atoms with Crippen LogP contribution in [0.15, 0.2) is 30.3 Å². The van der Waals surface area contributed by atoms with E-state index in [0.29, 0.717) is 16.4 Å². The Morgan fingerprint density at radius 2 is 2.09 bits per heavy atom. The fourth-order valence-corrected chi connectivity index (χ4v) is 3.99. The molecule has 1 saturated heterocycles. The Hall–Kier alpha value is -1.59. The second-order valence-corrected chi connectivity index (χ2v) is 6.60. The van der Waals surface area contributed by atoms with Crippen molar-refractivity contribution in [3.8, 4) is 0 Å². The average Bonchev–Trinajstić information content (AvgIpc) is 2.85. The van der Waals surface area contributed by atoms with E-state index in [2.05, 4.69) is 4.98 Å². The number of aryl methyl sites for hydroxylation is 2. The molecular formula is C16H14ClFN2OS. The Labute approximate surface area is 137 Å². The Kier molecular flexibility index (Phi) is 4.10. The fourth-order valence-electron chi connectivity index (χ4n) is 2.45. The summed E-state index contributed by atoms with van der Waals surface area (Å²) in [4.78, 5) is 18.2. The van der Waals surface area contributed by atoms with E-state index >= 15 is 0 Å². The van der Waals surface area contributed by atoms with Crippen LogP contribution >= 0.6 is 23.4 Å². The third-order valence-corrected chi connectivity index (χ3v) is 5.23. The first-order valence-corrected chi connectivity index (χ1v) is 8.23. The zero-order chi connectivity index (χ0) is 15.9. The molecule has 2 aromatic rings. The molecule has 1 unspecified atom stereocenters. The van der Waals surface area contributed by atoms with Gasteiger partial charge in [-0.05, 0) is 37.6 Å². The number of benzene rings is 1. The van der Waals surface area contributed by atoms with Gasteiger partial charge in [0.1, 0.15) is 17.0 Å². The SMILES string of the molecule is Cc1cccc(N2C(=O)CSC2c2c(F)ccc(C)c2Cl)n1. The number of thioether (sulfide) groups is 1. The van der Waals surface area contributed by atoms with Gasteiger partial charge in [-0.3, -0.25) is 9.69 Å². The topological polar surface area (TPSA) is 33.2 Å². The summed E-state index contributed by atoms with van der Waals surface area (Å²) >= 11 is 7.66. The first-order valence-electron chi connectivity index (χ1n) is 6.81. The van der Waals surface area contributed by atoms with Crippen molar-refractivity contribution in [2.75, 3.05) is 10.7 Å². The van der Waals surface area contributed by atoms with Crippen LogP contribution in [0.25, 0.3) is 0 Å². The van der Waals surface area contributed by atoms with Gasteiger partial charge in [0, 0.05) is 11.3 Å². The molecule has 0 spiro atoms. The molecule has 114 valence electrons. The molecule has 3 rings (SSSR count). The molecule has 0 saturated carbocycles. The van der Waals surface area contributed by atoms with Gasteiger partial charge in [0.05, 0.1) is 10.8 Å². The number of amides is 1. The molecule has 1 aliphatic rings. The van der Waals surface area contributed by atoms with Crippen LogP contribution in [-0.4, -0.2) is 16.6 Å². The molecule has 0 N–H and O–H groups in total. The molecular weight excluding hydrogens is 323 g/mol. The molecule has 2 heterocycles. The van der Waals surface area contributed by atoms with E-state index < -0.39 is 11.2 Å². The van der Waals surface area contributed by atoms with E-state index in [1.165, 1.54) is 22.7 Å². The summed E-state index contributed by atoms with van der Waals surface area (Å²) in [5, 5.41) is -0.126. The van der Waals surface area contributed by atoms with E-state index in [1.54, 1.807) is 12.1 Å². The molecule has 0 bridgehead atoms. The van der Waals surface area contributed by atoms with E-state index in [-0.39, 0.29) is 11.7 Å². The Bertz CT molecular complexity index is 753. The van der Waals surface area contributed by atoms with Crippen LogP contribution in [-0.2, 0) is 4.79 Å². The zero-order valence-corrected chi connectivity index (χ0v) is 13.7. The molecule has 1 aliphatic heterocycles. The summed E-state index contributed by atoms with van der Waals surface area (Å²) in [7, 11) is 0. The second-order valence-electron chi connectivity index (χ2n) is 5.16. The van der Waals surface area contributed by atoms with E-state index in [0.717, 1.165) is 11.3 Å². The Morgan fingerprint density at radius 3 is 2.82 bits per heavy atom. The van der Waals surface area contributed by atoms with Crippen molar-refractivity contribution < 1.29 is 9.18 Å². The standard InChI is InChI=1S/C16H14ClFN2OS/c1-9-6-7-11(18)14(15(9)17)16-20(13(21)8-22-16)12-5-3-4-10(2)19-12/h3-7,16H,8H2,1-2H3. The number of pyridine rings is 1. The first-order chi connectivity index (χ1) is 10.5. The van der Waals surface area contributed by atoms with Crippen molar-refractivity contribution in [1.82, 2.24) is 4.98 Å². The average molecular weight is 337 g/mol. The largest absolute Gasteiger partial charge is 0.279 e. The van der Waals surface area contributed by atoms with Crippen molar-refractivity contribution in [1.29, 1.82) is 0 Å². The van der Waals surface area contributed by atoms with E-state index in [9.17, 15) is 9.18 Å². The lowest BCUT2D eigenvalue weighted by atomic mass is 10.1. The van der Waals surface area contributed by atoms with E-state index in [1.807, 2.05) is 26.0 Å². The van der Waals surface area contributed by atoms with Crippen LogP contribution in [0.4, 0.5) is 10.2 Å². The van der Waals surface area contributed by atoms with Crippen molar-refractivity contribution in [3.05, 3.63) is 58.0 Å². The van der Waals surface area contributed by atoms with E-state index in [4.69, 9.17) is 11.6 Å². The van der Waals surface area contributed by atoms with Gasteiger partial charge >= 0.3 is 0 Å². The predicted molar refractivity (Wildman–Crippen MR) is 87.8 cm³/mol. The molecule has 0 radical (unpaired) electrons. The lowest BCUT2D eigenvalue weighted by molar-refractivity contribution is -0.115. The second kappa shape index (κ2) is 5.89. The highest BCUT2D eigenvalue weighted by Crippen LogP contribution is 2.45. The maximum atomic E-state index is 14.3. The number of anilines is 1. The number of rotatable bonds is 2. The summed E-state index contributed by atoms with van der Waals surface area (Å²) in [6.07, 6.45) is 0. The van der Waals surface area contributed by atoms with Crippen LogP contribution in [0.3, 0.4) is 0 Å². The fraction of sp³-hybridized carbons (Fsp3) is 0.250. The number of carbonyl (C=O) groups is 1. The monoisotopic (exact) mass is 336 g/mol. The lowest BCUT2D eigenvalue weighted by Crippen LogP contribution is -2.29. The van der Waals surface area contributed by atoms with Crippen molar-refractivity contribution >= 4 is 35.1 Å². The third kappa shape index (κ3) is 2.59. The zero-order valence-electron chi connectivity index (χ0n) is 12.1. The first kappa shape index (κ1) is 15.3. The summed E-state index contributed by atoms with van der Waals surface area (Å²) in [6, 6.07) is 8.47. The van der Waals surface area contributed by atoms with Gasteiger partial charge < -0.3 is 0 Å². The number of aromatic nitrogens is 1. The molecule has 1 aromatic heterocycles. The van der Waals surface area contributed by atoms with Crippen molar-refractivity contribution in [2.24, 2.45) is 0 Å². The number of carbonyl (C=O) groups excluding carboxylic acids is 1. The summed E-state index contributed by atoms with van der Waals surface area (Å²) < 4.78 is 14.3. The Balaban J connectivity index is 2.11. The van der Waals surface area contributed by atoms with Crippen LogP contribution < -0.4 is 4.90 Å². The van der Waals surface area contributed by atoms with Crippen LogP contribution in [0.5, 0.6) is 0 Å². The molecule has 6 heteroatoms. The van der Waals surface area contributed by atoms with Gasteiger partial charge in [-0.2, -0.15) is 0 Å². The number of nitrogens with zero attached hydrogens (tertiary/aromatic N) is 2. The molecule has 22 heavy (non-hydrogen) atoms.